The average molecular weight is 232 g/mol. The second kappa shape index (κ2) is 7.01. The van der Waals surface area contributed by atoms with E-state index in [1.807, 2.05) is 6.07 Å². The van der Waals surface area contributed by atoms with E-state index >= 15 is 0 Å². The third kappa shape index (κ3) is 4.80. The van der Waals surface area contributed by atoms with Gasteiger partial charge in [-0.25, -0.2) is 0 Å². The summed E-state index contributed by atoms with van der Waals surface area (Å²) in [6.07, 6.45) is 1.68. The maximum Gasteiger partial charge on any atom is 0.309 e. The Morgan fingerprint density at radius 2 is 2.18 bits per heavy atom. The number of methoxy groups -OCH3 is 1. The molecule has 0 aromatic heterocycles. The van der Waals surface area contributed by atoms with Gasteiger partial charge in [-0.15, -0.1) is 0 Å². The van der Waals surface area contributed by atoms with Crippen LogP contribution in [0.2, 0.25) is 0 Å². The van der Waals surface area contributed by atoms with Crippen molar-refractivity contribution in [1.29, 1.82) is 5.26 Å². The summed E-state index contributed by atoms with van der Waals surface area (Å²) < 4.78 is 4.44. The highest BCUT2D eigenvalue weighted by Crippen LogP contribution is 2.00. The van der Waals surface area contributed by atoms with E-state index in [1.54, 1.807) is 24.3 Å². The molecule has 0 amide bonds. The molecular formula is C12H12N2O3. The molecule has 0 radical (unpaired) electrons. The molecule has 0 aliphatic carbocycles. The zero-order chi connectivity index (χ0) is 12.5. The summed E-state index contributed by atoms with van der Waals surface area (Å²) in [5, 5.41) is 12.3. The number of esters is 1. The van der Waals surface area contributed by atoms with Crippen LogP contribution < -0.4 is 0 Å². The van der Waals surface area contributed by atoms with Crippen LogP contribution in [-0.4, -0.2) is 25.9 Å². The zero-order valence-electron chi connectivity index (χ0n) is 9.42. The number of hydrogen-bond donors (Lipinski definition) is 0. The van der Waals surface area contributed by atoms with Gasteiger partial charge in [-0.1, -0.05) is 17.3 Å². The first-order chi connectivity index (χ1) is 8.26. The molecule has 0 fully saturated rings. The normalized spacial score (nSPS) is 9.88. The number of oxime groups is 1. The number of hydrogen-bond acceptors (Lipinski definition) is 5. The standard InChI is InChI=1S/C12H12N2O3/c1-16-12(15)6-7-17-14-9-11-4-2-10(8-13)3-5-11/h2-5,9H,6-7H2,1H3. The van der Waals surface area contributed by atoms with Gasteiger partial charge in [-0.05, 0) is 17.7 Å². The fraction of sp³-hybridized carbons (Fsp3) is 0.250. The molecule has 0 bridgehead atoms. The first-order valence-electron chi connectivity index (χ1n) is 4.98. The quantitative estimate of drug-likeness (QED) is 0.333. The lowest BCUT2D eigenvalue weighted by Gasteiger charge is -1.98. The zero-order valence-corrected chi connectivity index (χ0v) is 9.42. The minimum Gasteiger partial charge on any atom is -0.469 e. The van der Waals surface area contributed by atoms with Gasteiger partial charge in [0.15, 0.2) is 0 Å². The van der Waals surface area contributed by atoms with Crippen molar-refractivity contribution in [2.24, 2.45) is 5.16 Å². The Balaban J connectivity index is 2.33. The Labute approximate surface area is 99.3 Å². The lowest BCUT2D eigenvalue weighted by Crippen LogP contribution is -2.03. The molecule has 0 unspecified atom stereocenters. The molecule has 0 aliphatic heterocycles. The Morgan fingerprint density at radius 3 is 2.76 bits per heavy atom. The summed E-state index contributed by atoms with van der Waals surface area (Å²) in [4.78, 5) is 15.6. The van der Waals surface area contributed by atoms with Crippen LogP contribution in [0.15, 0.2) is 29.4 Å². The summed E-state index contributed by atoms with van der Waals surface area (Å²) in [5.41, 5.74) is 1.41. The summed E-state index contributed by atoms with van der Waals surface area (Å²) in [6.45, 7) is 0.180. The van der Waals surface area contributed by atoms with Gasteiger partial charge in [0.1, 0.15) is 6.61 Å². The molecule has 0 atom stereocenters. The van der Waals surface area contributed by atoms with E-state index in [0.717, 1.165) is 5.56 Å². The molecule has 5 nitrogen and oxygen atoms in total. The maximum absolute atomic E-state index is 10.7. The topological polar surface area (TPSA) is 71.7 Å². The molecule has 0 N–H and O–H groups in total. The number of ether oxygens (including phenoxy) is 1. The SMILES string of the molecule is COC(=O)CCON=Cc1ccc(C#N)cc1. The molecular weight excluding hydrogens is 220 g/mol. The lowest BCUT2D eigenvalue weighted by atomic mass is 10.2. The van der Waals surface area contributed by atoms with E-state index in [9.17, 15) is 4.79 Å². The second-order valence-corrected chi connectivity index (χ2v) is 3.13. The highest BCUT2D eigenvalue weighted by molar-refractivity contribution is 5.79. The number of carbonyl (C=O) groups excluding carboxylic acids is 1. The van der Waals surface area contributed by atoms with Crippen LogP contribution in [0.3, 0.4) is 0 Å². The minimum absolute atomic E-state index is 0.168. The molecule has 0 saturated heterocycles. The summed E-state index contributed by atoms with van der Waals surface area (Å²) >= 11 is 0. The van der Waals surface area contributed by atoms with Crippen molar-refractivity contribution in [3.05, 3.63) is 35.4 Å². The van der Waals surface area contributed by atoms with Gasteiger partial charge >= 0.3 is 5.97 Å². The van der Waals surface area contributed by atoms with E-state index < -0.39 is 0 Å². The highest BCUT2D eigenvalue weighted by atomic mass is 16.6. The number of nitrogens with zero attached hydrogens (tertiary/aromatic N) is 2. The van der Waals surface area contributed by atoms with Gasteiger partial charge in [0, 0.05) is 0 Å². The van der Waals surface area contributed by atoms with E-state index in [-0.39, 0.29) is 19.0 Å². The smallest absolute Gasteiger partial charge is 0.309 e. The third-order valence-electron chi connectivity index (χ3n) is 1.94. The van der Waals surface area contributed by atoms with Gasteiger partial charge in [-0.2, -0.15) is 5.26 Å². The fourth-order valence-corrected chi connectivity index (χ4v) is 1.03. The predicted molar refractivity (Wildman–Crippen MR) is 61.3 cm³/mol. The molecule has 0 aliphatic rings. The van der Waals surface area contributed by atoms with E-state index in [1.165, 1.54) is 13.3 Å². The first-order valence-corrected chi connectivity index (χ1v) is 4.98. The van der Waals surface area contributed by atoms with Gasteiger partial charge in [0.25, 0.3) is 0 Å². The molecule has 1 aromatic carbocycles. The van der Waals surface area contributed by atoms with Crippen molar-refractivity contribution in [2.45, 2.75) is 6.42 Å². The van der Waals surface area contributed by atoms with E-state index in [0.29, 0.717) is 5.56 Å². The number of carbonyl (C=O) groups is 1. The third-order valence-corrected chi connectivity index (χ3v) is 1.94. The molecule has 88 valence electrons. The maximum atomic E-state index is 10.7. The first kappa shape index (κ1) is 12.7. The molecule has 0 saturated carbocycles. The van der Waals surface area contributed by atoms with Crippen LogP contribution in [0.4, 0.5) is 0 Å². The molecule has 5 heteroatoms. The number of rotatable bonds is 5. The van der Waals surface area contributed by atoms with E-state index in [2.05, 4.69) is 9.89 Å². The van der Waals surface area contributed by atoms with Crippen molar-refractivity contribution in [3.8, 4) is 6.07 Å². The van der Waals surface area contributed by atoms with Crippen molar-refractivity contribution in [2.75, 3.05) is 13.7 Å². The fourth-order valence-electron chi connectivity index (χ4n) is 1.03. The molecule has 1 rings (SSSR count). The van der Waals surface area contributed by atoms with Crippen LogP contribution in [0, 0.1) is 11.3 Å². The largest absolute Gasteiger partial charge is 0.469 e. The summed E-state index contributed by atoms with van der Waals surface area (Å²) in [7, 11) is 1.32. The second-order valence-electron chi connectivity index (χ2n) is 3.13. The summed E-state index contributed by atoms with van der Waals surface area (Å²) in [5.74, 6) is -0.335. The van der Waals surface area contributed by atoms with Crippen LogP contribution in [0.1, 0.15) is 17.5 Å². The number of benzene rings is 1. The van der Waals surface area contributed by atoms with Crippen LogP contribution in [-0.2, 0) is 14.4 Å². The van der Waals surface area contributed by atoms with Crippen LogP contribution >= 0.6 is 0 Å². The van der Waals surface area contributed by atoms with E-state index in [4.69, 9.17) is 10.1 Å². The Morgan fingerprint density at radius 1 is 1.47 bits per heavy atom. The van der Waals surface area contributed by atoms with Crippen molar-refractivity contribution < 1.29 is 14.4 Å². The Kier molecular flexibility index (Phi) is 5.25. The van der Waals surface area contributed by atoms with Crippen molar-refractivity contribution >= 4 is 12.2 Å². The van der Waals surface area contributed by atoms with Gasteiger partial charge in [-0.3, -0.25) is 4.79 Å². The average Bonchev–Trinajstić information content (AvgIpc) is 2.38. The molecule has 0 spiro atoms. The van der Waals surface area contributed by atoms with Crippen LogP contribution in [0.5, 0.6) is 0 Å². The minimum atomic E-state index is -0.335. The Hall–Kier alpha value is -2.35. The predicted octanol–water partition coefficient (Wildman–Crippen LogP) is 1.47. The van der Waals surface area contributed by atoms with Crippen LogP contribution in [0.25, 0.3) is 0 Å². The monoisotopic (exact) mass is 232 g/mol. The highest BCUT2D eigenvalue weighted by Gasteiger charge is 1.98. The van der Waals surface area contributed by atoms with Crippen molar-refractivity contribution in [1.82, 2.24) is 0 Å². The lowest BCUT2D eigenvalue weighted by molar-refractivity contribution is -0.141. The molecule has 17 heavy (non-hydrogen) atoms. The summed E-state index contributed by atoms with van der Waals surface area (Å²) in [6, 6.07) is 8.91. The number of nitriles is 1. The van der Waals surface area contributed by atoms with Gasteiger partial charge < -0.3 is 9.57 Å². The van der Waals surface area contributed by atoms with Crippen molar-refractivity contribution in [3.63, 3.8) is 0 Å². The Bertz CT molecular complexity index is 432. The molecule has 1 aromatic rings. The van der Waals surface area contributed by atoms with Gasteiger partial charge in [0.05, 0.1) is 31.4 Å². The molecule has 0 heterocycles. The van der Waals surface area contributed by atoms with Gasteiger partial charge in [0.2, 0.25) is 0 Å².